The predicted octanol–water partition coefficient (Wildman–Crippen LogP) is 4.35. The van der Waals surface area contributed by atoms with Crippen molar-refractivity contribution >= 4 is 17.5 Å². The number of hydrogen-bond donors (Lipinski definition) is 1. The van der Waals surface area contributed by atoms with Gasteiger partial charge in [0.1, 0.15) is 5.82 Å². The lowest BCUT2D eigenvalue weighted by Gasteiger charge is -2.29. The highest BCUT2D eigenvalue weighted by Gasteiger charge is 2.28. The van der Waals surface area contributed by atoms with E-state index in [1.54, 1.807) is 24.3 Å². The van der Waals surface area contributed by atoms with Crippen molar-refractivity contribution in [1.29, 1.82) is 0 Å². The summed E-state index contributed by atoms with van der Waals surface area (Å²) in [6.07, 6.45) is 2.16. The van der Waals surface area contributed by atoms with Crippen molar-refractivity contribution < 1.29 is 9.18 Å². The van der Waals surface area contributed by atoms with E-state index in [1.165, 1.54) is 6.07 Å². The molecule has 0 saturated carbocycles. The molecule has 1 amide bonds. The molecular weight excluding hydrogens is 339 g/mol. The number of hydrogen-bond acceptors (Lipinski definition) is 2. The van der Waals surface area contributed by atoms with E-state index in [-0.39, 0.29) is 17.8 Å². The predicted molar refractivity (Wildman–Crippen MR) is 98.5 cm³/mol. The largest absolute Gasteiger partial charge is 0.350 e. The molecule has 0 bridgehead atoms. The van der Waals surface area contributed by atoms with E-state index < -0.39 is 0 Å². The Kier molecular flexibility index (Phi) is 5.71. The van der Waals surface area contributed by atoms with Gasteiger partial charge >= 0.3 is 0 Å². The van der Waals surface area contributed by atoms with Crippen LogP contribution in [0.5, 0.6) is 0 Å². The maximum absolute atomic E-state index is 14.4. The Hall–Kier alpha value is -1.91. The molecule has 1 unspecified atom stereocenters. The summed E-state index contributed by atoms with van der Waals surface area (Å²) in [6, 6.07) is 11.9. The molecule has 0 aliphatic carbocycles. The van der Waals surface area contributed by atoms with Crippen LogP contribution in [0.2, 0.25) is 5.02 Å². The Morgan fingerprint density at radius 2 is 1.88 bits per heavy atom. The maximum atomic E-state index is 14.4. The van der Waals surface area contributed by atoms with E-state index >= 15 is 0 Å². The van der Waals surface area contributed by atoms with Gasteiger partial charge in [-0.15, -0.1) is 0 Å². The summed E-state index contributed by atoms with van der Waals surface area (Å²) >= 11 is 6.27. The standard InChI is InChI=1S/C20H22ClFN2O/c1-14-7-9-15(10-8-14)20(25)23-13-18(24-11-2-3-12-24)19-16(21)5-4-6-17(19)22/h4-10,18H,2-3,11-13H2,1H3,(H,23,25). The maximum Gasteiger partial charge on any atom is 0.251 e. The lowest BCUT2D eigenvalue weighted by molar-refractivity contribution is 0.0937. The summed E-state index contributed by atoms with van der Waals surface area (Å²) in [5.41, 5.74) is 2.17. The van der Waals surface area contributed by atoms with Crippen molar-refractivity contribution in [2.75, 3.05) is 19.6 Å². The number of carbonyl (C=O) groups excluding carboxylic acids is 1. The molecule has 1 atom stereocenters. The molecule has 1 N–H and O–H groups in total. The second-order valence-electron chi connectivity index (χ2n) is 6.47. The minimum absolute atomic E-state index is 0.156. The second kappa shape index (κ2) is 7.98. The topological polar surface area (TPSA) is 32.3 Å². The van der Waals surface area contributed by atoms with Crippen molar-refractivity contribution in [3.63, 3.8) is 0 Å². The number of benzene rings is 2. The van der Waals surface area contributed by atoms with Gasteiger partial charge in [0.05, 0.1) is 6.04 Å². The Morgan fingerprint density at radius 1 is 1.20 bits per heavy atom. The van der Waals surface area contributed by atoms with Crippen molar-refractivity contribution in [2.45, 2.75) is 25.8 Å². The Labute approximate surface area is 152 Å². The number of halogens is 2. The molecule has 0 radical (unpaired) electrons. The van der Waals surface area contributed by atoms with Gasteiger partial charge in [0.2, 0.25) is 0 Å². The summed E-state index contributed by atoms with van der Waals surface area (Å²) in [5, 5.41) is 3.35. The van der Waals surface area contributed by atoms with E-state index in [4.69, 9.17) is 11.6 Å². The zero-order chi connectivity index (χ0) is 17.8. The first-order chi connectivity index (χ1) is 12.1. The van der Waals surface area contributed by atoms with Crippen LogP contribution >= 0.6 is 11.6 Å². The fourth-order valence-corrected chi connectivity index (χ4v) is 3.58. The van der Waals surface area contributed by atoms with Crippen molar-refractivity contribution in [2.24, 2.45) is 0 Å². The quantitative estimate of drug-likeness (QED) is 0.859. The van der Waals surface area contributed by atoms with Gasteiger partial charge < -0.3 is 5.32 Å². The lowest BCUT2D eigenvalue weighted by Crippen LogP contribution is -2.37. The van der Waals surface area contributed by atoms with Gasteiger partial charge in [0.25, 0.3) is 5.91 Å². The second-order valence-corrected chi connectivity index (χ2v) is 6.88. The highest BCUT2D eigenvalue weighted by atomic mass is 35.5. The van der Waals surface area contributed by atoms with Crippen LogP contribution in [-0.4, -0.2) is 30.4 Å². The van der Waals surface area contributed by atoms with Crippen LogP contribution in [-0.2, 0) is 0 Å². The minimum atomic E-state index is -0.325. The number of likely N-dealkylation sites (tertiary alicyclic amines) is 1. The Balaban J connectivity index is 1.78. The molecule has 3 rings (SSSR count). The zero-order valence-electron chi connectivity index (χ0n) is 14.3. The third-order valence-corrected chi connectivity index (χ3v) is 5.01. The summed E-state index contributed by atoms with van der Waals surface area (Å²) in [6.45, 7) is 4.07. The smallest absolute Gasteiger partial charge is 0.251 e. The summed E-state index contributed by atoms with van der Waals surface area (Å²) in [4.78, 5) is 14.6. The number of nitrogens with zero attached hydrogens (tertiary/aromatic N) is 1. The molecule has 1 fully saturated rings. The third-order valence-electron chi connectivity index (χ3n) is 4.68. The van der Waals surface area contributed by atoms with Gasteiger partial charge in [-0.1, -0.05) is 35.4 Å². The van der Waals surface area contributed by atoms with Gasteiger partial charge in [-0.2, -0.15) is 0 Å². The van der Waals surface area contributed by atoms with Crippen LogP contribution in [0.1, 0.15) is 40.4 Å². The first-order valence-corrected chi connectivity index (χ1v) is 8.97. The first-order valence-electron chi connectivity index (χ1n) is 8.59. The summed E-state index contributed by atoms with van der Waals surface area (Å²) < 4.78 is 14.4. The zero-order valence-corrected chi connectivity index (χ0v) is 15.0. The van der Waals surface area contributed by atoms with Crippen LogP contribution in [0.3, 0.4) is 0 Å². The van der Waals surface area contributed by atoms with Crippen LogP contribution in [0.25, 0.3) is 0 Å². The van der Waals surface area contributed by atoms with Gasteiger partial charge in [-0.3, -0.25) is 9.69 Å². The summed E-state index contributed by atoms with van der Waals surface area (Å²) in [7, 11) is 0. The molecule has 2 aromatic carbocycles. The number of carbonyl (C=O) groups is 1. The van der Waals surface area contributed by atoms with Crippen molar-refractivity contribution in [3.05, 3.63) is 70.0 Å². The van der Waals surface area contributed by atoms with Crippen LogP contribution in [0.4, 0.5) is 4.39 Å². The minimum Gasteiger partial charge on any atom is -0.350 e. The van der Waals surface area contributed by atoms with Gasteiger partial charge in [-0.05, 0) is 57.1 Å². The molecule has 2 aromatic rings. The molecule has 5 heteroatoms. The fraction of sp³-hybridized carbons (Fsp3) is 0.350. The average Bonchev–Trinajstić information content (AvgIpc) is 3.12. The van der Waals surface area contributed by atoms with Crippen LogP contribution in [0, 0.1) is 12.7 Å². The molecule has 3 nitrogen and oxygen atoms in total. The molecule has 1 aliphatic heterocycles. The number of amides is 1. The molecule has 1 aliphatic rings. The van der Waals surface area contributed by atoms with E-state index in [9.17, 15) is 9.18 Å². The van der Waals surface area contributed by atoms with Crippen LogP contribution < -0.4 is 5.32 Å². The highest BCUT2D eigenvalue weighted by Crippen LogP contribution is 2.32. The Bertz CT molecular complexity index is 722. The fourth-order valence-electron chi connectivity index (χ4n) is 3.29. The monoisotopic (exact) mass is 360 g/mol. The molecular formula is C20H22ClFN2O. The molecule has 0 aromatic heterocycles. The third kappa shape index (κ3) is 4.20. The highest BCUT2D eigenvalue weighted by molar-refractivity contribution is 6.31. The van der Waals surface area contributed by atoms with E-state index in [1.807, 2.05) is 19.1 Å². The van der Waals surface area contributed by atoms with E-state index in [2.05, 4.69) is 10.2 Å². The molecule has 132 valence electrons. The van der Waals surface area contributed by atoms with Crippen molar-refractivity contribution in [1.82, 2.24) is 10.2 Å². The molecule has 0 spiro atoms. The number of rotatable bonds is 5. The van der Waals surface area contributed by atoms with Gasteiger partial charge in [-0.25, -0.2) is 4.39 Å². The van der Waals surface area contributed by atoms with E-state index in [0.717, 1.165) is 31.5 Å². The molecule has 1 saturated heterocycles. The summed E-state index contributed by atoms with van der Waals surface area (Å²) in [5.74, 6) is -0.481. The SMILES string of the molecule is Cc1ccc(C(=O)NCC(c2c(F)cccc2Cl)N2CCCC2)cc1. The molecule has 1 heterocycles. The van der Waals surface area contributed by atoms with Crippen molar-refractivity contribution in [3.8, 4) is 0 Å². The average molecular weight is 361 g/mol. The molecule has 25 heavy (non-hydrogen) atoms. The number of aryl methyl sites for hydroxylation is 1. The van der Waals surface area contributed by atoms with E-state index in [0.29, 0.717) is 22.7 Å². The van der Waals surface area contributed by atoms with Gasteiger partial charge in [0.15, 0.2) is 0 Å². The lowest BCUT2D eigenvalue weighted by atomic mass is 10.0. The normalized spacial score (nSPS) is 16.0. The van der Waals surface area contributed by atoms with Gasteiger partial charge in [0, 0.05) is 22.7 Å². The van der Waals surface area contributed by atoms with Crippen LogP contribution in [0.15, 0.2) is 42.5 Å². The first kappa shape index (κ1) is 17.9. The Morgan fingerprint density at radius 3 is 2.52 bits per heavy atom. The number of nitrogens with one attached hydrogen (secondary N) is 1.